The first-order valence-electron chi connectivity index (χ1n) is 4.76. The predicted octanol–water partition coefficient (Wildman–Crippen LogP) is 1.08. The normalized spacial score (nSPS) is 25.3. The molecule has 2 N–H and O–H groups in total. The molecular weight excluding hydrogens is 218 g/mol. The second-order valence-electron chi connectivity index (χ2n) is 3.77. The average molecular weight is 233 g/mol. The van der Waals surface area contributed by atoms with E-state index in [9.17, 15) is 9.59 Å². The minimum absolute atomic E-state index is 0.245. The van der Waals surface area contributed by atoms with E-state index in [1.165, 1.54) is 11.8 Å². The molecule has 0 spiro atoms. The highest BCUT2D eigenvalue weighted by molar-refractivity contribution is 7.99. The molecule has 0 aliphatic carbocycles. The van der Waals surface area contributed by atoms with Crippen LogP contribution in [0.25, 0.3) is 0 Å². The van der Waals surface area contributed by atoms with Crippen molar-refractivity contribution >= 4 is 23.8 Å². The molecule has 1 atom stereocenters. The first-order chi connectivity index (χ1) is 6.96. The fraction of sp³-hybridized carbons (Fsp3) is 0.778. The van der Waals surface area contributed by atoms with Crippen LogP contribution in [0.2, 0.25) is 0 Å². The topological polar surface area (TPSA) is 75.6 Å². The third kappa shape index (κ3) is 3.02. The Morgan fingerprint density at radius 1 is 1.53 bits per heavy atom. The summed E-state index contributed by atoms with van der Waals surface area (Å²) in [5, 5.41) is 11.5. The lowest BCUT2D eigenvalue weighted by Gasteiger charge is -2.24. The van der Waals surface area contributed by atoms with E-state index in [1.807, 2.05) is 0 Å². The summed E-state index contributed by atoms with van der Waals surface area (Å²) in [5.74, 6) is 0.150. The highest BCUT2D eigenvalue weighted by Gasteiger charge is 2.43. The summed E-state index contributed by atoms with van der Waals surface area (Å²) in [7, 11) is 0. The molecule has 0 aromatic rings. The second kappa shape index (κ2) is 4.74. The molecule has 1 fully saturated rings. The quantitative estimate of drug-likeness (QED) is 0.763. The largest absolute Gasteiger partial charge is 0.479 e. The fourth-order valence-corrected chi connectivity index (χ4v) is 2.65. The molecular formula is C9H15NO4S. The number of hydrogen-bond acceptors (Lipinski definition) is 4. The second-order valence-corrected chi connectivity index (χ2v) is 4.87. The monoisotopic (exact) mass is 233 g/mol. The number of carbonyl (C=O) groups excluding carboxylic acids is 1. The van der Waals surface area contributed by atoms with Gasteiger partial charge in [0.25, 0.3) is 0 Å². The molecule has 1 aliphatic heterocycles. The maximum Gasteiger partial charge on any atom is 0.408 e. The van der Waals surface area contributed by atoms with Crippen molar-refractivity contribution in [2.75, 3.05) is 11.5 Å². The van der Waals surface area contributed by atoms with E-state index >= 15 is 0 Å². The number of carbonyl (C=O) groups is 2. The van der Waals surface area contributed by atoms with Gasteiger partial charge in [-0.05, 0) is 26.0 Å². The number of rotatable bonds is 3. The van der Waals surface area contributed by atoms with Crippen molar-refractivity contribution in [3.8, 4) is 0 Å². The van der Waals surface area contributed by atoms with Crippen molar-refractivity contribution in [3.05, 3.63) is 0 Å². The molecule has 1 amide bonds. The minimum Gasteiger partial charge on any atom is -0.479 e. The van der Waals surface area contributed by atoms with Gasteiger partial charge in [0.05, 0.1) is 6.10 Å². The van der Waals surface area contributed by atoms with Gasteiger partial charge in [-0.2, -0.15) is 11.8 Å². The van der Waals surface area contributed by atoms with E-state index in [0.29, 0.717) is 12.2 Å². The maximum absolute atomic E-state index is 11.3. The van der Waals surface area contributed by atoms with Gasteiger partial charge >= 0.3 is 12.1 Å². The third-order valence-corrected chi connectivity index (χ3v) is 3.30. The van der Waals surface area contributed by atoms with Crippen molar-refractivity contribution in [1.29, 1.82) is 0 Å². The van der Waals surface area contributed by atoms with Crippen molar-refractivity contribution in [1.82, 2.24) is 5.32 Å². The third-order valence-electron chi connectivity index (χ3n) is 2.12. The van der Waals surface area contributed by atoms with E-state index in [2.05, 4.69) is 5.32 Å². The molecule has 5 nitrogen and oxygen atoms in total. The van der Waals surface area contributed by atoms with Crippen LogP contribution in [-0.4, -0.2) is 40.3 Å². The van der Waals surface area contributed by atoms with Crippen LogP contribution in [0, 0.1) is 0 Å². The van der Waals surface area contributed by atoms with Crippen LogP contribution in [0.1, 0.15) is 20.3 Å². The van der Waals surface area contributed by atoms with Gasteiger partial charge in [0, 0.05) is 5.75 Å². The summed E-state index contributed by atoms with van der Waals surface area (Å²) in [6, 6.07) is 0. The molecule has 86 valence electrons. The first-order valence-corrected chi connectivity index (χ1v) is 5.92. The average Bonchev–Trinajstić information content (AvgIpc) is 2.52. The molecule has 0 radical (unpaired) electrons. The lowest BCUT2D eigenvalue weighted by atomic mass is 10.00. The van der Waals surface area contributed by atoms with E-state index in [-0.39, 0.29) is 6.10 Å². The van der Waals surface area contributed by atoms with Crippen LogP contribution in [0.3, 0.4) is 0 Å². The van der Waals surface area contributed by atoms with Crippen molar-refractivity contribution in [3.63, 3.8) is 0 Å². The zero-order valence-electron chi connectivity index (χ0n) is 8.78. The number of carboxylic acids is 1. The van der Waals surface area contributed by atoms with E-state index < -0.39 is 17.6 Å². The SMILES string of the molecule is CC(C)OC(=O)NC1(C(=O)O)CCSC1. The molecule has 1 aliphatic rings. The molecule has 1 heterocycles. The zero-order valence-corrected chi connectivity index (χ0v) is 9.60. The van der Waals surface area contributed by atoms with Gasteiger partial charge in [-0.1, -0.05) is 0 Å². The Hall–Kier alpha value is -0.910. The van der Waals surface area contributed by atoms with Gasteiger partial charge in [-0.3, -0.25) is 0 Å². The van der Waals surface area contributed by atoms with Crippen LogP contribution in [0.5, 0.6) is 0 Å². The number of thioether (sulfide) groups is 1. The standard InChI is InChI=1S/C9H15NO4S/c1-6(2)14-8(13)10-9(7(11)12)3-4-15-5-9/h6H,3-5H2,1-2H3,(H,10,13)(H,11,12). The van der Waals surface area contributed by atoms with E-state index in [0.717, 1.165) is 5.75 Å². The predicted molar refractivity (Wildman–Crippen MR) is 57.1 cm³/mol. The minimum atomic E-state index is -1.14. The van der Waals surface area contributed by atoms with Gasteiger partial charge in [-0.15, -0.1) is 0 Å². The summed E-state index contributed by atoms with van der Waals surface area (Å²) in [6.07, 6.45) is -0.458. The number of ether oxygens (including phenoxy) is 1. The van der Waals surface area contributed by atoms with E-state index in [1.54, 1.807) is 13.8 Å². The molecule has 1 unspecified atom stereocenters. The molecule has 6 heteroatoms. The summed E-state index contributed by atoms with van der Waals surface area (Å²) in [4.78, 5) is 22.4. The Balaban J connectivity index is 2.59. The number of aliphatic carboxylic acids is 1. The number of alkyl carbamates (subject to hydrolysis) is 1. The maximum atomic E-state index is 11.3. The fourth-order valence-electron chi connectivity index (χ4n) is 1.32. The van der Waals surface area contributed by atoms with Crippen LogP contribution in [0.4, 0.5) is 4.79 Å². The summed E-state index contributed by atoms with van der Waals surface area (Å²) < 4.78 is 4.86. The number of amides is 1. The van der Waals surface area contributed by atoms with E-state index in [4.69, 9.17) is 9.84 Å². The Labute approximate surface area is 92.6 Å². The van der Waals surface area contributed by atoms with Gasteiger partial charge in [-0.25, -0.2) is 9.59 Å². The van der Waals surface area contributed by atoms with Crippen molar-refractivity contribution in [2.24, 2.45) is 0 Å². The zero-order chi connectivity index (χ0) is 11.5. The van der Waals surface area contributed by atoms with Gasteiger partial charge in [0.2, 0.25) is 0 Å². The molecule has 1 saturated heterocycles. The molecule has 0 bridgehead atoms. The lowest BCUT2D eigenvalue weighted by Crippen LogP contribution is -2.55. The summed E-state index contributed by atoms with van der Waals surface area (Å²) in [5.41, 5.74) is -1.14. The Kier molecular flexibility index (Phi) is 3.84. The molecule has 15 heavy (non-hydrogen) atoms. The molecule has 0 saturated carbocycles. The van der Waals surface area contributed by atoms with Crippen molar-refractivity contribution < 1.29 is 19.4 Å². The lowest BCUT2D eigenvalue weighted by molar-refractivity contribution is -0.143. The van der Waals surface area contributed by atoms with Gasteiger partial charge in [0.1, 0.15) is 0 Å². The molecule has 1 rings (SSSR count). The molecule has 0 aromatic heterocycles. The first kappa shape index (κ1) is 12.2. The number of nitrogens with one attached hydrogen (secondary N) is 1. The summed E-state index contributed by atoms with van der Waals surface area (Å²) in [6.45, 7) is 3.44. The Morgan fingerprint density at radius 2 is 2.20 bits per heavy atom. The van der Waals surface area contributed by atoms with Crippen molar-refractivity contribution in [2.45, 2.75) is 31.9 Å². The van der Waals surface area contributed by atoms with Gasteiger partial charge in [0.15, 0.2) is 5.54 Å². The van der Waals surface area contributed by atoms with Crippen LogP contribution < -0.4 is 5.32 Å². The van der Waals surface area contributed by atoms with Crippen LogP contribution in [0.15, 0.2) is 0 Å². The molecule has 0 aromatic carbocycles. The smallest absolute Gasteiger partial charge is 0.408 e. The Bertz CT molecular complexity index is 261. The van der Waals surface area contributed by atoms with Crippen LogP contribution >= 0.6 is 11.8 Å². The van der Waals surface area contributed by atoms with Gasteiger partial charge < -0.3 is 15.2 Å². The summed E-state index contributed by atoms with van der Waals surface area (Å²) >= 11 is 1.52. The highest BCUT2D eigenvalue weighted by Crippen LogP contribution is 2.28. The van der Waals surface area contributed by atoms with Crippen LogP contribution in [-0.2, 0) is 9.53 Å². The Morgan fingerprint density at radius 3 is 2.60 bits per heavy atom. The number of hydrogen-bond donors (Lipinski definition) is 2. The number of carboxylic acid groups (broad SMARTS) is 1. The highest BCUT2D eigenvalue weighted by atomic mass is 32.2.